The van der Waals surface area contributed by atoms with E-state index < -0.39 is 32.2 Å². The van der Waals surface area contributed by atoms with Crippen LogP contribution in [-0.2, 0) is 29.0 Å². The molecule has 0 aliphatic rings. The lowest BCUT2D eigenvalue weighted by atomic mass is 10.2. The average molecular weight is 368 g/mol. The fourth-order valence-electron chi connectivity index (χ4n) is 1.98. The van der Waals surface area contributed by atoms with E-state index in [4.69, 9.17) is 8.92 Å². The fourth-order valence-corrected chi connectivity index (χ4v) is 3.07. The van der Waals surface area contributed by atoms with Crippen LogP contribution in [0.15, 0.2) is 44.9 Å². The van der Waals surface area contributed by atoms with Gasteiger partial charge in [0.2, 0.25) is 0 Å². The number of aromatic nitrogens is 2. The van der Waals surface area contributed by atoms with E-state index in [0.717, 1.165) is 17.8 Å². The fraction of sp³-hybridized carbons (Fsp3) is 0.267. The van der Waals surface area contributed by atoms with Crippen molar-refractivity contribution in [2.45, 2.75) is 11.8 Å². The molecule has 25 heavy (non-hydrogen) atoms. The SMILES string of the molecule is CCOC(=O)c1ccc(OS(=O)(=O)c2cn(C)c(=O)n(C)c2=O)cc1. The van der Waals surface area contributed by atoms with Crippen molar-refractivity contribution in [1.82, 2.24) is 9.13 Å². The van der Waals surface area contributed by atoms with Gasteiger partial charge in [-0.2, -0.15) is 8.42 Å². The highest BCUT2D eigenvalue weighted by atomic mass is 32.2. The smallest absolute Gasteiger partial charge is 0.346 e. The number of hydrogen-bond acceptors (Lipinski definition) is 7. The van der Waals surface area contributed by atoms with Gasteiger partial charge in [-0.15, -0.1) is 0 Å². The van der Waals surface area contributed by atoms with Gasteiger partial charge in [0.05, 0.1) is 12.2 Å². The molecule has 0 bridgehead atoms. The first-order valence-electron chi connectivity index (χ1n) is 7.15. The van der Waals surface area contributed by atoms with Crippen LogP contribution in [-0.4, -0.2) is 30.1 Å². The van der Waals surface area contributed by atoms with Crippen LogP contribution in [0.25, 0.3) is 0 Å². The lowest BCUT2D eigenvalue weighted by Gasteiger charge is -2.09. The predicted molar refractivity (Wildman–Crippen MR) is 87.1 cm³/mol. The molecule has 0 atom stereocenters. The number of rotatable bonds is 5. The molecule has 0 radical (unpaired) electrons. The van der Waals surface area contributed by atoms with E-state index in [-0.39, 0.29) is 17.9 Å². The summed E-state index contributed by atoms with van der Waals surface area (Å²) in [5.41, 5.74) is -1.43. The predicted octanol–water partition coefficient (Wildman–Crippen LogP) is 0.0284. The Hall–Kier alpha value is -2.88. The Labute approximate surface area is 143 Å². The molecule has 2 aromatic rings. The number of aryl methyl sites for hydroxylation is 1. The molecule has 10 heteroatoms. The second-order valence-electron chi connectivity index (χ2n) is 5.03. The number of benzene rings is 1. The zero-order valence-electron chi connectivity index (χ0n) is 13.8. The van der Waals surface area contributed by atoms with Crippen LogP contribution in [0.1, 0.15) is 17.3 Å². The standard InChI is InChI=1S/C15H16N2O7S/c1-4-23-14(19)10-5-7-11(8-6-10)24-25(21,22)12-9-16(2)15(20)17(3)13(12)18/h5-9H,4H2,1-3H3. The molecule has 0 amide bonds. The monoisotopic (exact) mass is 368 g/mol. The zero-order chi connectivity index (χ0) is 18.8. The van der Waals surface area contributed by atoms with Crippen molar-refractivity contribution in [3.05, 3.63) is 56.9 Å². The number of ether oxygens (including phenoxy) is 1. The topological polar surface area (TPSA) is 114 Å². The first kappa shape index (κ1) is 18.5. The van der Waals surface area contributed by atoms with Crippen LogP contribution < -0.4 is 15.4 Å². The molecule has 134 valence electrons. The molecule has 1 aromatic heterocycles. The van der Waals surface area contributed by atoms with Crippen molar-refractivity contribution in [1.29, 1.82) is 0 Å². The molecular weight excluding hydrogens is 352 g/mol. The first-order valence-corrected chi connectivity index (χ1v) is 8.56. The van der Waals surface area contributed by atoms with Crippen molar-refractivity contribution in [3.8, 4) is 5.75 Å². The lowest BCUT2D eigenvalue weighted by molar-refractivity contribution is 0.0526. The summed E-state index contributed by atoms with van der Waals surface area (Å²) in [6.45, 7) is 1.87. The third-order valence-electron chi connectivity index (χ3n) is 3.26. The maximum absolute atomic E-state index is 12.3. The van der Waals surface area contributed by atoms with Crippen molar-refractivity contribution < 1.29 is 22.1 Å². The number of carbonyl (C=O) groups is 1. The van der Waals surface area contributed by atoms with E-state index in [1.807, 2.05) is 0 Å². The van der Waals surface area contributed by atoms with Crippen molar-refractivity contribution in [2.24, 2.45) is 14.1 Å². The molecule has 0 unspecified atom stereocenters. The highest BCUT2D eigenvalue weighted by molar-refractivity contribution is 7.87. The molecule has 0 aliphatic heterocycles. The van der Waals surface area contributed by atoms with Gasteiger partial charge in [-0.3, -0.25) is 9.36 Å². The Bertz CT molecular complexity index is 1020. The van der Waals surface area contributed by atoms with E-state index >= 15 is 0 Å². The van der Waals surface area contributed by atoms with Gasteiger partial charge in [0.25, 0.3) is 5.56 Å². The van der Waals surface area contributed by atoms with Crippen LogP contribution in [0.4, 0.5) is 0 Å². The van der Waals surface area contributed by atoms with Crippen LogP contribution >= 0.6 is 0 Å². The van der Waals surface area contributed by atoms with Crippen molar-refractivity contribution in [3.63, 3.8) is 0 Å². The highest BCUT2D eigenvalue weighted by Crippen LogP contribution is 2.17. The lowest BCUT2D eigenvalue weighted by Crippen LogP contribution is -2.39. The Morgan fingerprint density at radius 3 is 2.28 bits per heavy atom. The van der Waals surface area contributed by atoms with Crippen LogP contribution in [0.3, 0.4) is 0 Å². The molecular formula is C15H16N2O7S. The van der Waals surface area contributed by atoms with Gasteiger partial charge in [0.1, 0.15) is 5.75 Å². The molecule has 0 spiro atoms. The Kier molecular flexibility index (Phi) is 5.12. The number of carbonyl (C=O) groups excluding carboxylic acids is 1. The summed E-state index contributed by atoms with van der Waals surface area (Å²) in [4.78, 5) is 34.5. The van der Waals surface area contributed by atoms with Crippen LogP contribution in [0, 0.1) is 0 Å². The number of nitrogens with zero attached hydrogens (tertiary/aromatic N) is 2. The molecule has 9 nitrogen and oxygen atoms in total. The van der Waals surface area contributed by atoms with E-state index in [0.29, 0.717) is 4.57 Å². The Balaban J connectivity index is 2.36. The molecule has 2 rings (SSSR count). The van der Waals surface area contributed by atoms with E-state index in [1.165, 1.54) is 31.3 Å². The largest absolute Gasteiger partial charge is 0.462 e. The van der Waals surface area contributed by atoms with E-state index in [1.54, 1.807) is 6.92 Å². The van der Waals surface area contributed by atoms with Crippen LogP contribution in [0.5, 0.6) is 5.75 Å². The first-order chi connectivity index (χ1) is 11.7. The van der Waals surface area contributed by atoms with Crippen molar-refractivity contribution in [2.75, 3.05) is 6.61 Å². The summed E-state index contributed by atoms with van der Waals surface area (Å²) in [7, 11) is -1.98. The maximum Gasteiger partial charge on any atom is 0.346 e. The summed E-state index contributed by atoms with van der Waals surface area (Å²) in [6.07, 6.45) is 0.896. The number of esters is 1. The summed E-state index contributed by atoms with van der Waals surface area (Å²) in [6, 6.07) is 5.19. The minimum Gasteiger partial charge on any atom is -0.462 e. The molecule has 0 aliphatic carbocycles. The van der Waals surface area contributed by atoms with Crippen LogP contribution in [0.2, 0.25) is 0 Å². The second-order valence-corrected chi connectivity index (χ2v) is 6.55. The summed E-state index contributed by atoms with van der Waals surface area (Å²) in [5.74, 6) is -0.646. The van der Waals surface area contributed by atoms with Gasteiger partial charge in [-0.05, 0) is 31.2 Å². The Morgan fingerprint density at radius 1 is 1.12 bits per heavy atom. The summed E-state index contributed by atoms with van der Waals surface area (Å²) >= 11 is 0. The minimum atomic E-state index is -4.46. The van der Waals surface area contributed by atoms with E-state index in [9.17, 15) is 22.8 Å². The van der Waals surface area contributed by atoms with Crippen molar-refractivity contribution >= 4 is 16.1 Å². The minimum absolute atomic E-state index is 0.0936. The summed E-state index contributed by atoms with van der Waals surface area (Å²) in [5, 5.41) is 0. The highest BCUT2D eigenvalue weighted by Gasteiger charge is 2.24. The third kappa shape index (κ3) is 3.79. The molecule has 1 aromatic carbocycles. The zero-order valence-corrected chi connectivity index (χ0v) is 14.6. The molecule has 0 fully saturated rings. The molecule has 1 heterocycles. The quantitative estimate of drug-likeness (QED) is 0.540. The van der Waals surface area contributed by atoms with Gasteiger partial charge in [-0.25, -0.2) is 9.59 Å². The van der Waals surface area contributed by atoms with Gasteiger partial charge in [-0.1, -0.05) is 0 Å². The second kappa shape index (κ2) is 6.93. The summed E-state index contributed by atoms with van der Waals surface area (Å²) < 4.78 is 36.0. The third-order valence-corrected chi connectivity index (χ3v) is 4.49. The van der Waals surface area contributed by atoms with Gasteiger partial charge in [0, 0.05) is 20.3 Å². The molecule has 0 saturated carbocycles. The van der Waals surface area contributed by atoms with Gasteiger partial charge >= 0.3 is 21.8 Å². The maximum atomic E-state index is 12.3. The Morgan fingerprint density at radius 2 is 1.72 bits per heavy atom. The normalized spacial score (nSPS) is 11.2. The molecule has 0 saturated heterocycles. The van der Waals surface area contributed by atoms with Gasteiger partial charge in [0.15, 0.2) is 4.90 Å². The van der Waals surface area contributed by atoms with E-state index in [2.05, 4.69) is 0 Å². The number of hydrogen-bond donors (Lipinski definition) is 0. The van der Waals surface area contributed by atoms with Gasteiger partial charge < -0.3 is 13.5 Å². The molecule has 0 N–H and O–H groups in total. The average Bonchev–Trinajstić information content (AvgIpc) is 2.56.